The third kappa shape index (κ3) is 5.80. The molecule has 42 heavy (non-hydrogen) atoms. The second-order valence-corrected chi connectivity index (χ2v) is 9.65. The minimum absolute atomic E-state index is 0.00124. The third-order valence-corrected chi connectivity index (χ3v) is 6.78. The molecule has 0 fully saturated rings. The Morgan fingerprint density at radius 1 is 0.952 bits per heavy atom. The highest BCUT2D eigenvalue weighted by molar-refractivity contribution is 6.06. The Balaban J connectivity index is 1.59. The highest BCUT2D eigenvalue weighted by Crippen LogP contribution is 2.31. The van der Waals surface area contributed by atoms with Crippen molar-refractivity contribution < 1.29 is 36.7 Å². The lowest BCUT2D eigenvalue weighted by molar-refractivity contribution is -0.137. The van der Waals surface area contributed by atoms with Gasteiger partial charge in [0, 0.05) is 0 Å². The van der Waals surface area contributed by atoms with E-state index in [9.17, 15) is 31.9 Å². The van der Waals surface area contributed by atoms with Gasteiger partial charge in [-0.3, -0.25) is 9.36 Å². The molecule has 7 nitrogen and oxygen atoms in total. The van der Waals surface area contributed by atoms with Crippen LogP contribution in [0.1, 0.15) is 50.4 Å². The quantitative estimate of drug-likeness (QED) is 0.211. The van der Waals surface area contributed by atoms with Crippen molar-refractivity contribution in [1.82, 2.24) is 9.88 Å². The van der Waals surface area contributed by atoms with E-state index in [0.29, 0.717) is 16.7 Å². The molecule has 1 aromatic heterocycles. The maximum Gasteiger partial charge on any atom is 0.420 e. The number of nitrogens with one attached hydrogen (secondary N) is 1. The number of aromatic carboxylic acids is 1. The zero-order valence-electron chi connectivity index (χ0n) is 21.9. The third-order valence-electron chi connectivity index (χ3n) is 6.78. The Hall–Kier alpha value is -5.19. The highest BCUT2D eigenvalue weighted by Gasteiger charge is 2.30. The first-order chi connectivity index (χ1) is 19.9. The van der Waals surface area contributed by atoms with Gasteiger partial charge in [-0.2, -0.15) is 13.2 Å². The summed E-state index contributed by atoms with van der Waals surface area (Å²) in [5.41, 5.74) is 0.987. The molecule has 0 saturated carbocycles. The molecule has 0 unspecified atom stereocenters. The average Bonchev–Trinajstić information content (AvgIpc) is 3.27. The minimum Gasteiger partial charge on any atom is -0.478 e. The zero-order chi connectivity index (χ0) is 30.2. The summed E-state index contributed by atoms with van der Waals surface area (Å²) in [4.78, 5) is 37.8. The second kappa shape index (κ2) is 11.0. The van der Waals surface area contributed by atoms with Crippen molar-refractivity contribution in [2.45, 2.75) is 25.7 Å². The van der Waals surface area contributed by atoms with Gasteiger partial charge in [-0.15, -0.1) is 0 Å². The van der Waals surface area contributed by atoms with E-state index < -0.39 is 41.2 Å². The first-order valence-corrected chi connectivity index (χ1v) is 12.6. The number of benzene rings is 4. The van der Waals surface area contributed by atoms with E-state index in [-0.39, 0.29) is 34.3 Å². The summed E-state index contributed by atoms with van der Waals surface area (Å²) in [5.74, 6) is -3.08. The molecule has 5 aromatic rings. The predicted octanol–water partition coefficient (Wildman–Crippen LogP) is 6.66. The minimum atomic E-state index is -4.59. The SMILES string of the molecule is C[C@H](NC(=O)c1cc(-c2ccc(F)cc2)cc2oc(=O)n(Cc3cccc(C(F)(F)F)c3)c12)c1ccc(C(=O)O)cc1. The summed E-state index contributed by atoms with van der Waals surface area (Å²) in [5, 5.41) is 12.0. The summed E-state index contributed by atoms with van der Waals surface area (Å²) in [6.07, 6.45) is -4.59. The highest BCUT2D eigenvalue weighted by atomic mass is 19.4. The lowest BCUT2D eigenvalue weighted by atomic mass is 10.0. The van der Waals surface area contributed by atoms with Crippen LogP contribution in [-0.2, 0) is 12.7 Å². The number of hydrogen-bond acceptors (Lipinski definition) is 4. The van der Waals surface area contributed by atoms with Gasteiger partial charge >= 0.3 is 17.9 Å². The zero-order valence-corrected chi connectivity index (χ0v) is 21.9. The van der Waals surface area contributed by atoms with Crippen LogP contribution in [0, 0.1) is 5.82 Å². The molecular formula is C31H22F4N2O5. The second-order valence-electron chi connectivity index (χ2n) is 9.65. The standard InChI is InChI=1S/C31H22F4N2O5/c1-17(19-5-7-21(8-6-19)29(39)40)36-28(38)25-14-22(20-9-11-24(32)12-10-20)15-26-27(25)37(30(41)42-26)16-18-3-2-4-23(13-18)31(33,34)35/h2-15,17H,16H2,1H3,(H,36,38)(H,39,40)/t17-/m0/s1. The normalized spacial score (nSPS) is 12.3. The van der Waals surface area contributed by atoms with Crippen molar-refractivity contribution in [3.8, 4) is 11.1 Å². The summed E-state index contributed by atoms with van der Waals surface area (Å²) in [7, 11) is 0. The average molecular weight is 579 g/mol. The molecule has 0 saturated heterocycles. The summed E-state index contributed by atoms with van der Waals surface area (Å²) < 4.78 is 60.0. The number of rotatable bonds is 7. The van der Waals surface area contributed by atoms with Crippen LogP contribution in [0.4, 0.5) is 17.6 Å². The van der Waals surface area contributed by atoms with Crippen molar-refractivity contribution in [1.29, 1.82) is 0 Å². The summed E-state index contributed by atoms with van der Waals surface area (Å²) >= 11 is 0. The predicted molar refractivity (Wildman–Crippen MR) is 146 cm³/mol. The van der Waals surface area contributed by atoms with Gasteiger partial charge in [-0.25, -0.2) is 14.0 Å². The molecule has 214 valence electrons. The van der Waals surface area contributed by atoms with E-state index in [4.69, 9.17) is 9.52 Å². The number of carboxylic acid groups (broad SMARTS) is 1. The number of alkyl halides is 3. The van der Waals surface area contributed by atoms with E-state index in [1.54, 1.807) is 19.1 Å². The molecule has 5 rings (SSSR count). The van der Waals surface area contributed by atoms with Gasteiger partial charge in [0.2, 0.25) is 0 Å². The Bertz CT molecular complexity index is 1860. The van der Waals surface area contributed by atoms with Crippen molar-refractivity contribution in [2.24, 2.45) is 0 Å². The molecule has 0 aliphatic heterocycles. The first kappa shape index (κ1) is 28.3. The number of hydrogen-bond donors (Lipinski definition) is 2. The van der Waals surface area contributed by atoms with E-state index >= 15 is 0 Å². The fourth-order valence-corrected chi connectivity index (χ4v) is 4.63. The smallest absolute Gasteiger partial charge is 0.420 e. The van der Waals surface area contributed by atoms with Crippen molar-refractivity contribution in [3.05, 3.63) is 129 Å². The van der Waals surface area contributed by atoms with E-state index in [2.05, 4.69) is 5.32 Å². The molecule has 0 aliphatic carbocycles. The lowest BCUT2D eigenvalue weighted by Crippen LogP contribution is -2.28. The molecular weight excluding hydrogens is 556 g/mol. The van der Waals surface area contributed by atoms with Crippen LogP contribution in [-0.4, -0.2) is 21.6 Å². The number of amides is 1. The summed E-state index contributed by atoms with van der Waals surface area (Å²) in [6.45, 7) is 1.37. The van der Waals surface area contributed by atoms with E-state index in [1.165, 1.54) is 60.7 Å². The Kier molecular flexibility index (Phi) is 7.42. The molecule has 2 N–H and O–H groups in total. The van der Waals surface area contributed by atoms with Gasteiger partial charge < -0.3 is 14.8 Å². The molecule has 0 spiro atoms. The van der Waals surface area contributed by atoms with Gasteiger partial charge in [0.1, 0.15) is 11.3 Å². The van der Waals surface area contributed by atoms with Crippen molar-refractivity contribution in [3.63, 3.8) is 0 Å². The number of oxazole rings is 1. The maximum atomic E-state index is 13.7. The fraction of sp³-hybridized carbons (Fsp3) is 0.129. The molecule has 4 aromatic carbocycles. The van der Waals surface area contributed by atoms with Crippen LogP contribution in [0.25, 0.3) is 22.2 Å². The van der Waals surface area contributed by atoms with Crippen LogP contribution in [0.15, 0.2) is 94.1 Å². The Labute approximate surface area is 235 Å². The number of carbonyl (C=O) groups excluding carboxylic acids is 1. The first-order valence-electron chi connectivity index (χ1n) is 12.6. The Morgan fingerprint density at radius 3 is 2.29 bits per heavy atom. The van der Waals surface area contributed by atoms with Crippen LogP contribution in [0.2, 0.25) is 0 Å². The largest absolute Gasteiger partial charge is 0.478 e. The van der Waals surface area contributed by atoms with Crippen LogP contribution < -0.4 is 11.1 Å². The fourth-order valence-electron chi connectivity index (χ4n) is 4.63. The van der Waals surface area contributed by atoms with Crippen molar-refractivity contribution >= 4 is 23.0 Å². The van der Waals surface area contributed by atoms with Crippen molar-refractivity contribution in [2.75, 3.05) is 0 Å². The van der Waals surface area contributed by atoms with Gasteiger partial charge in [-0.05, 0) is 77.7 Å². The lowest BCUT2D eigenvalue weighted by Gasteiger charge is -2.16. The number of carboxylic acids is 1. The maximum absolute atomic E-state index is 13.7. The topological polar surface area (TPSA) is 102 Å². The molecule has 1 amide bonds. The molecule has 0 aliphatic rings. The van der Waals surface area contributed by atoms with Gasteiger partial charge in [0.25, 0.3) is 5.91 Å². The van der Waals surface area contributed by atoms with Crippen LogP contribution in [0.5, 0.6) is 0 Å². The molecule has 1 heterocycles. The summed E-state index contributed by atoms with van der Waals surface area (Å²) in [6, 6.07) is 18.2. The van der Waals surface area contributed by atoms with Crippen LogP contribution in [0.3, 0.4) is 0 Å². The van der Waals surface area contributed by atoms with Crippen LogP contribution >= 0.6 is 0 Å². The number of aromatic nitrogens is 1. The number of nitrogens with zero attached hydrogens (tertiary/aromatic N) is 1. The molecule has 1 atom stereocenters. The van der Waals surface area contributed by atoms with E-state index in [1.807, 2.05) is 0 Å². The number of carbonyl (C=O) groups is 2. The molecule has 11 heteroatoms. The molecule has 0 bridgehead atoms. The molecule has 0 radical (unpaired) electrons. The van der Waals surface area contributed by atoms with Gasteiger partial charge in [0.05, 0.1) is 29.3 Å². The number of fused-ring (bicyclic) bond motifs is 1. The monoisotopic (exact) mass is 578 g/mol. The Morgan fingerprint density at radius 2 is 1.64 bits per heavy atom. The van der Waals surface area contributed by atoms with Gasteiger partial charge in [-0.1, -0.05) is 36.4 Å². The van der Waals surface area contributed by atoms with E-state index in [0.717, 1.165) is 16.7 Å². The number of halogens is 4. The van der Waals surface area contributed by atoms with Gasteiger partial charge in [0.15, 0.2) is 5.58 Å².